The van der Waals surface area contributed by atoms with Gasteiger partial charge in [-0.05, 0) is 36.7 Å². The number of rotatable bonds is 1. The standard InChI is InChI=1S/C10H12BrNO/c11-8-1-2-10-9(5-8)7(6-12)3-4-13-10/h1-2,5,7H,3-4,6,12H2. The predicted molar refractivity (Wildman–Crippen MR) is 56.0 cm³/mol. The molecule has 70 valence electrons. The van der Waals surface area contributed by atoms with Crippen molar-refractivity contribution < 1.29 is 4.74 Å². The van der Waals surface area contributed by atoms with E-state index in [9.17, 15) is 0 Å². The van der Waals surface area contributed by atoms with Crippen LogP contribution in [0.2, 0.25) is 0 Å². The number of hydrogen-bond donors (Lipinski definition) is 1. The summed E-state index contributed by atoms with van der Waals surface area (Å²) in [5, 5.41) is 0. The molecule has 1 aromatic carbocycles. The van der Waals surface area contributed by atoms with Crippen LogP contribution < -0.4 is 10.5 Å². The summed E-state index contributed by atoms with van der Waals surface area (Å²) in [4.78, 5) is 0. The maximum atomic E-state index is 5.70. The topological polar surface area (TPSA) is 35.2 Å². The van der Waals surface area contributed by atoms with E-state index in [-0.39, 0.29) is 0 Å². The Morgan fingerprint density at radius 3 is 3.15 bits per heavy atom. The number of fused-ring (bicyclic) bond motifs is 1. The van der Waals surface area contributed by atoms with Crippen molar-refractivity contribution in [2.24, 2.45) is 5.73 Å². The lowest BCUT2D eigenvalue weighted by Gasteiger charge is -2.24. The largest absolute Gasteiger partial charge is 0.493 e. The molecule has 13 heavy (non-hydrogen) atoms. The highest BCUT2D eigenvalue weighted by molar-refractivity contribution is 9.10. The molecule has 0 aliphatic carbocycles. The van der Waals surface area contributed by atoms with Gasteiger partial charge in [-0.1, -0.05) is 15.9 Å². The summed E-state index contributed by atoms with van der Waals surface area (Å²) in [5.74, 6) is 1.45. The molecule has 1 aliphatic rings. The molecule has 1 aliphatic heterocycles. The molecule has 3 heteroatoms. The average Bonchev–Trinajstić information content (AvgIpc) is 2.17. The van der Waals surface area contributed by atoms with Crippen LogP contribution in [0, 0.1) is 0 Å². The molecule has 2 rings (SSSR count). The normalized spacial score (nSPS) is 20.6. The monoisotopic (exact) mass is 241 g/mol. The van der Waals surface area contributed by atoms with Crippen LogP contribution in [0.4, 0.5) is 0 Å². The Morgan fingerprint density at radius 1 is 1.54 bits per heavy atom. The summed E-state index contributed by atoms with van der Waals surface area (Å²) < 4.78 is 6.63. The Kier molecular flexibility index (Phi) is 2.56. The smallest absolute Gasteiger partial charge is 0.122 e. The van der Waals surface area contributed by atoms with Crippen LogP contribution in [0.1, 0.15) is 17.9 Å². The lowest BCUT2D eigenvalue weighted by molar-refractivity contribution is 0.268. The summed E-state index contributed by atoms with van der Waals surface area (Å²) in [7, 11) is 0. The summed E-state index contributed by atoms with van der Waals surface area (Å²) in [6, 6.07) is 6.10. The first kappa shape index (κ1) is 9.03. The molecule has 1 heterocycles. The molecule has 0 amide bonds. The van der Waals surface area contributed by atoms with Crippen molar-refractivity contribution in [1.82, 2.24) is 0 Å². The molecule has 2 N–H and O–H groups in total. The first-order valence-electron chi connectivity index (χ1n) is 4.43. The summed E-state index contributed by atoms with van der Waals surface area (Å²) in [5.41, 5.74) is 6.94. The Bertz CT molecular complexity index is 314. The van der Waals surface area contributed by atoms with Gasteiger partial charge in [0.1, 0.15) is 5.75 Å². The summed E-state index contributed by atoms with van der Waals surface area (Å²) in [6.45, 7) is 1.49. The first-order valence-corrected chi connectivity index (χ1v) is 5.23. The van der Waals surface area contributed by atoms with Gasteiger partial charge < -0.3 is 10.5 Å². The van der Waals surface area contributed by atoms with Gasteiger partial charge in [-0.3, -0.25) is 0 Å². The third kappa shape index (κ3) is 1.71. The van der Waals surface area contributed by atoms with Crippen molar-refractivity contribution in [3.8, 4) is 5.75 Å². The molecular weight excluding hydrogens is 230 g/mol. The highest BCUT2D eigenvalue weighted by Crippen LogP contribution is 2.34. The molecule has 1 aromatic rings. The van der Waals surface area contributed by atoms with Crippen LogP contribution in [0.15, 0.2) is 22.7 Å². The number of hydrogen-bond acceptors (Lipinski definition) is 2. The average molecular weight is 242 g/mol. The van der Waals surface area contributed by atoms with Crippen molar-refractivity contribution in [1.29, 1.82) is 0 Å². The number of halogens is 1. The predicted octanol–water partition coefficient (Wildman–Crippen LogP) is 2.27. The van der Waals surface area contributed by atoms with Crippen molar-refractivity contribution in [2.75, 3.05) is 13.2 Å². The van der Waals surface area contributed by atoms with Crippen molar-refractivity contribution >= 4 is 15.9 Å². The van der Waals surface area contributed by atoms with E-state index in [4.69, 9.17) is 10.5 Å². The lowest BCUT2D eigenvalue weighted by Crippen LogP contribution is -2.20. The molecular formula is C10H12BrNO. The highest BCUT2D eigenvalue weighted by Gasteiger charge is 2.19. The first-order chi connectivity index (χ1) is 6.31. The SMILES string of the molecule is NCC1CCOc2ccc(Br)cc21. The second kappa shape index (κ2) is 3.68. The third-order valence-electron chi connectivity index (χ3n) is 2.42. The molecule has 0 bridgehead atoms. The Balaban J connectivity index is 2.41. The summed E-state index contributed by atoms with van der Waals surface area (Å²) >= 11 is 3.45. The van der Waals surface area contributed by atoms with E-state index in [0.717, 1.165) is 23.2 Å². The van der Waals surface area contributed by atoms with Gasteiger partial charge in [0, 0.05) is 10.4 Å². The Hall–Kier alpha value is -0.540. The lowest BCUT2D eigenvalue weighted by atomic mass is 9.93. The molecule has 0 radical (unpaired) electrons. The van der Waals surface area contributed by atoms with Gasteiger partial charge in [0.05, 0.1) is 6.61 Å². The van der Waals surface area contributed by atoms with E-state index in [1.54, 1.807) is 0 Å². The van der Waals surface area contributed by atoms with Crippen molar-refractivity contribution in [2.45, 2.75) is 12.3 Å². The van der Waals surface area contributed by atoms with E-state index < -0.39 is 0 Å². The van der Waals surface area contributed by atoms with Crippen molar-refractivity contribution in [3.63, 3.8) is 0 Å². The van der Waals surface area contributed by atoms with Crippen LogP contribution in [0.25, 0.3) is 0 Å². The van der Waals surface area contributed by atoms with E-state index in [2.05, 4.69) is 22.0 Å². The fraction of sp³-hybridized carbons (Fsp3) is 0.400. The third-order valence-corrected chi connectivity index (χ3v) is 2.91. The molecule has 2 nitrogen and oxygen atoms in total. The van der Waals surface area contributed by atoms with Gasteiger partial charge in [0.15, 0.2) is 0 Å². The van der Waals surface area contributed by atoms with Gasteiger partial charge in [0.25, 0.3) is 0 Å². The van der Waals surface area contributed by atoms with E-state index >= 15 is 0 Å². The van der Waals surface area contributed by atoms with Gasteiger partial charge in [-0.15, -0.1) is 0 Å². The zero-order valence-corrected chi connectivity index (χ0v) is 8.88. The van der Waals surface area contributed by atoms with Crippen LogP contribution in [0.3, 0.4) is 0 Å². The minimum atomic E-state index is 0.459. The molecule has 0 saturated carbocycles. The fourth-order valence-electron chi connectivity index (χ4n) is 1.68. The Labute approximate surface area is 86.2 Å². The van der Waals surface area contributed by atoms with Gasteiger partial charge in [0.2, 0.25) is 0 Å². The number of ether oxygens (including phenoxy) is 1. The van der Waals surface area contributed by atoms with Crippen LogP contribution >= 0.6 is 15.9 Å². The van der Waals surface area contributed by atoms with Crippen LogP contribution in [0.5, 0.6) is 5.75 Å². The second-order valence-corrected chi connectivity index (χ2v) is 4.17. The van der Waals surface area contributed by atoms with Gasteiger partial charge >= 0.3 is 0 Å². The minimum absolute atomic E-state index is 0.459. The maximum Gasteiger partial charge on any atom is 0.122 e. The summed E-state index contributed by atoms with van der Waals surface area (Å²) in [6.07, 6.45) is 1.03. The zero-order valence-electron chi connectivity index (χ0n) is 7.29. The van der Waals surface area contributed by atoms with E-state index in [0.29, 0.717) is 12.5 Å². The molecule has 0 aromatic heterocycles. The van der Waals surface area contributed by atoms with Crippen LogP contribution in [-0.4, -0.2) is 13.2 Å². The van der Waals surface area contributed by atoms with Crippen molar-refractivity contribution in [3.05, 3.63) is 28.2 Å². The maximum absolute atomic E-state index is 5.70. The van der Waals surface area contributed by atoms with E-state index in [1.165, 1.54) is 5.56 Å². The Morgan fingerprint density at radius 2 is 2.38 bits per heavy atom. The minimum Gasteiger partial charge on any atom is -0.493 e. The highest BCUT2D eigenvalue weighted by atomic mass is 79.9. The number of benzene rings is 1. The van der Waals surface area contributed by atoms with Gasteiger partial charge in [-0.2, -0.15) is 0 Å². The van der Waals surface area contributed by atoms with Crippen LogP contribution in [-0.2, 0) is 0 Å². The quantitative estimate of drug-likeness (QED) is 0.819. The molecule has 0 saturated heterocycles. The second-order valence-electron chi connectivity index (χ2n) is 3.25. The fourth-order valence-corrected chi connectivity index (χ4v) is 2.06. The van der Waals surface area contributed by atoms with Gasteiger partial charge in [-0.25, -0.2) is 0 Å². The van der Waals surface area contributed by atoms with E-state index in [1.807, 2.05) is 12.1 Å². The zero-order chi connectivity index (χ0) is 9.26. The molecule has 0 spiro atoms. The molecule has 1 atom stereocenters. The molecule has 1 unspecified atom stereocenters. The molecule has 0 fully saturated rings. The number of nitrogens with two attached hydrogens (primary N) is 1.